The highest BCUT2D eigenvalue weighted by atomic mass is 16.6. The molecule has 0 spiro atoms. The fraction of sp³-hybridized carbons (Fsp3) is 0.211. The van der Waals surface area contributed by atoms with E-state index in [-0.39, 0.29) is 17.8 Å². The molecule has 1 N–H and O–H groups in total. The quantitative estimate of drug-likeness (QED) is 0.869. The van der Waals surface area contributed by atoms with Crippen LogP contribution in [0.5, 0.6) is 11.5 Å². The van der Waals surface area contributed by atoms with Gasteiger partial charge in [-0.05, 0) is 35.9 Å². The lowest BCUT2D eigenvalue weighted by atomic mass is 10.1. The standard InChI is InChI=1S/C19H15NO5/c21-19(22)12-3-1-11(2-4-12)17-18-20(17)10-16(25-18)13-5-6-14-15(9-13)24-8-7-23-14/h1-6,9-10,17-18H,7-8H2,(H,21,22). The predicted molar refractivity (Wildman–Crippen MR) is 88.3 cm³/mol. The topological polar surface area (TPSA) is 68.0 Å². The van der Waals surface area contributed by atoms with Gasteiger partial charge in [0.05, 0.1) is 5.56 Å². The third kappa shape index (κ3) is 2.29. The minimum atomic E-state index is -0.917. The zero-order valence-corrected chi connectivity index (χ0v) is 13.2. The molecule has 2 unspecified atom stereocenters. The van der Waals surface area contributed by atoms with Crippen LogP contribution in [-0.4, -0.2) is 35.4 Å². The Labute approximate surface area is 143 Å². The highest BCUT2D eigenvalue weighted by Gasteiger charge is 2.53. The highest BCUT2D eigenvalue weighted by molar-refractivity contribution is 5.87. The third-order valence-electron chi connectivity index (χ3n) is 4.64. The molecule has 5 rings (SSSR count). The van der Waals surface area contributed by atoms with Gasteiger partial charge in [0.25, 0.3) is 0 Å². The summed E-state index contributed by atoms with van der Waals surface area (Å²) in [5.74, 6) is 1.39. The molecule has 0 amide bonds. The number of carboxylic acids is 1. The number of benzene rings is 2. The van der Waals surface area contributed by atoms with Crippen LogP contribution in [0.3, 0.4) is 0 Å². The summed E-state index contributed by atoms with van der Waals surface area (Å²) in [7, 11) is 0. The molecule has 0 aromatic heterocycles. The minimum Gasteiger partial charge on any atom is -0.486 e. The summed E-state index contributed by atoms with van der Waals surface area (Å²) in [6, 6.07) is 12.9. The van der Waals surface area contributed by atoms with Crippen LogP contribution in [0, 0.1) is 0 Å². The van der Waals surface area contributed by atoms with E-state index in [0.29, 0.717) is 13.2 Å². The molecule has 1 fully saturated rings. The second-order valence-electron chi connectivity index (χ2n) is 6.18. The SMILES string of the molecule is O=C(O)c1ccc(C2C3OC(c4ccc5c(c4)OCCO5)=CN32)cc1. The number of carbonyl (C=O) groups is 1. The summed E-state index contributed by atoms with van der Waals surface area (Å²) in [5, 5.41) is 8.97. The van der Waals surface area contributed by atoms with Gasteiger partial charge in [-0.15, -0.1) is 0 Å². The molecule has 0 saturated carbocycles. The number of hydrogen-bond donors (Lipinski definition) is 1. The molecular formula is C19H15NO5. The molecule has 3 heterocycles. The fourth-order valence-corrected chi connectivity index (χ4v) is 3.30. The second-order valence-corrected chi connectivity index (χ2v) is 6.18. The molecule has 6 nitrogen and oxygen atoms in total. The normalized spacial score (nSPS) is 22.7. The largest absolute Gasteiger partial charge is 0.486 e. The fourth-order valence-electron chi connectivity index (χ4n) is 3.30. The first-order valence-electron chi connectivity index (χ1n) is 8.10. The molecule has 2 aromatic rings. The summed E-state index contributed by atoms with van der Waals surface area (Å²) in [6.07, 6.45) is 1.96. The van der Waals surface area contributed by atoms with Gasteiger partial charge in [0.1, 0.15) is 25.0 Å². The number of rotatable bonds is 3. The van der Waals surface area contributed by atoms with Crippen molar-refractivity contribution in [1.82, 2.24) is 4.90 Å². The Hall–Kier alpha value is -3.15. The van der Waals surface area contributed by atoms with Crippen LogP contribution in [0.25, 0.3) is 5.76 Å². The van der Waals surface area contributed by atoms with E-state index >= 15 is 0 Å². The Morgan fingerprint density at radius 3 is 2.48 bits per heavy atom. The molecule has 3 aliphatic rings. The monoisotopic (exact) mass is 337 g/mol. The van der Waals surface area contributed by atoms with Crippen molar-refractivity contribution in [3.8, 4) is 11.5 Å². The smallest absolute Gasteiger partial charge is 0.335 e. The van der Waals surface area contributed by atoms with Gasteiger partial charge in [0.2, 0.25) is 0 Å². The van der Waals surface area contributed by atoms with Crippen molar-refractivity contribution >= 4 is 11.7 Å². The van der Waals surface area contributed by atoms with Gasteiger partial charge >= 0.3 is 5.97 Å². The molecule has 1 saturated heterocycles. The van der Waals surface area contributed by atoms with Crippen LogP contribution in [-0.2, 0) is 4.74 Å². The van der Waals surface area contributed by atoms with Gasteiger partial charge in [-0.2, -0.15) is 0 Å². The first kappa shape index (κ1) is 14.2. The van der Waals surface area contributed by atoms with Crippen LogP contribution in [0.2, 0.25) is 0 Å². The van der Waals surface area contributed by atoms with Crippen molar-refractivity contribution in [3.63, 3.8) is 0 Å². The molecule has 0 bridgehead atoms. The van der Waals surface area contributed by atoms with Gasteiger partial charge in [0.15, 0.2) is 17.7 Å². The van der Waals surface area contributed by atoms with E-state index in [1.807, 2.05) is 36.5 Å². The summed E-state index contributed by atoms with van der Waals surface area (Å²) in [4.78, 5) is 13.0. The number of aromatic carboxylic acids is 1. The van der Waals surface area contributed by atoms with Crippen molar-refractivity contribution in [1.29, 1.82) is 0 Å². The Morgan fingerprint density at radius 2 is 1.80 bits per heavy atom. The van der Waals surface area contributed by atoms with E-state index in [4.69, 9.17) is 19.3 Å². The summed E-state index contributed by atoms with van der Waals surface area (Å²) in [6.45, 7) is 1.13. The van der Waals surface area contributed by atoms with Crippen molar-refractivity contribution in [2.75, 3.05) is 13.2 Å². The zero-order chi connectivity index (χ0) is 17.0. The van der Waals surface area contributed by atoms with E-state index in [9.17, 15) is 4.79 Å². The maximum absolute atomic E-state index is 10.9. The van der Waals surface area contributed by atoms with Crippen molar-refractivity contribution in [2.45, 2.75) is 12.3 Å². The zero-order valence-electron chi connectivity index (χ0n) is 13.2. The molecule has 6 heteroatoms. The Kier molecular flexibility index (Phi) is 2.94. The minimum absolute atomic E-state index is 0.0288. The average molecular weight is 337 g/mol. The number of carboxylic acid groups (broad SMARTS) is 1. The molecule has 25 heavy (non-hydrogen) atoms. The maximum Gasteiger partial charge on any atom is 0.335 e. The molecular weight excluding hydrogens is 322 g/mol. The van der Waals surface area contributed by atoms with Gasteiger partial charge in [-0.25, -0.2) is 4.79 Å². The lowest BCUT2D eigenvalue weighted by Crippen LogP contribution is -2.15. The number of nitrogens with zero attached hydrogens (tertiary/aromatic N) is 1. The third-order valence-corrected chi connectivity index (χ3v) is 4.64. The van der Waals surface area contributed by atoms with E-state index in [1.165, 1.54) is 0 Å². The summed E-state index contributed by atoms with van der Waals surface area (Å²) < 4.78 is 17.2. The molecule has 2 atom stereocenters. The van der Waals surface area contributed by atoms with E-state index in [1.54, 1.807) is 12.1 Å². The first-order valence-corrected chi connectivity index (χ1v) is 8.10. The van der Waals surface area contributed by atoms with E-state index in [0.717, 1.165) is 28.4 Å². The lowest BCUT2D eigenvalue weighted by molar-refractivity contribution is 0.0697. The number of hydrogen-bond acceptors (Lipinski definition) is 5. The lowest BCUT2D eigenvalue weighted by Gasteiger charge is -2.19. The van der Waals surface area contributed by atoms with Crippen molar-refractivity contribution in [2.24, 2.45) is 0 Å². The van der Waals surface area contributed by atoms with Gasteiger partial charge in [-0.3, -0.25) is 0 Å². The second kappa shape index (κ2) is 5.17. The molecule has 126 valence electrons. The van der Waals surface area contributed by atoms with Crippen LogP contribution in [0.15, 0.2) is 48.7 Å². The molecule has 0 aliphatic carbocycles. The highest BCUT2D eigenvalue weighted by Crippen LogP contribution is 2.51. The molecule has 2 aromatic carbocycles. The van der Waals surface area contributed by atoms with Crippen LogP contribution in [0.1, 0.15) is 27.5 Å². The van der Waals surface area contributed by atoms with Crippen molar-refractivity contribution in [3.05, 3.63) is 65.4 Å². The Bertz CT molecular complexity index is 889. The van der Waals surface area contributed by atoms with Gasteiger partial charge < -0.3 is 24.2 Å². The van der Waals surface area contributed by atoms with Gasteiger partial charge in [-0.1, -0.05) is 12.1 Å². The first-order chi connectivity index (χ1) is 12.2. The van der Waals surface area contributed by atoms with Crippen LogP contribution in [0.4, 0.5) is 0 Å². The molecule has 0 radical (unpaired) electrons. The summed E-state index contributed by atoms with van der Waals surface area (Å²) >= 11 is 0. The Balaban J connectivity index is 1.34. The Morgan fingerprint density at radius 1 is 1.04 bits per heavy atom. The van der Waals surface area contributed by atoms with Crippen molar-refractivity contribution < 1.29 is 24.1 Å². The van der Waals surface area contributed by atoms with E-state index < -0.39 is 5.97 Å². The number of fused-ring (bicyclic) bond motifs is 2. The van der Waals surface area contributed by atoms with E-state index in [2.05, 4.69) is 4.90 Å². The van der Waals surface area contributed by atoms with Gasteiger partial charge in [0, 0.05) is 11.8 Å². The van der Waals surface area contributed by atoms with Crippen LogP contribution >= 0.6 is 0 Å². The predicted octanol–water partition coefficient (Wildman–Crippen LogP) is 2.87. The van der Waals surface area contributed by atoms with Crippen LogP contribution < -0.4 is 9.47 Å². The number of ether oxygens (including phenoxy) is 3. The molecule has 3 aliphatic heterocycles. The maximum atomic E-state index is 10.9. The average Bonchev–Trinajstić information content (AvgIpc) is 3.14. The summed E-state index contributed by atoms with van der Waals surface area (Å²) in [5.41, 5.74) is 2.29.